The summed E-state index contributed by atoms with van der Waals surface area (Å²) >= 11 is 1.48. The van der Waals surface area contributed by atoms with Crippen molar-refractivity contribution in [2.45, 2.75) is 37.1 Å². The second-order valence-corrected chi connectivity index (χ2v) is 8.91. The molecule has 1 aliphatic rings. The number of benzene rings is 1. The van der Waals surface area contributed by atoms with Crippen LogP contribution in [0.25, 0.3) is 10.9 Å². The molecule has 3 aromatic heterocycles. The number of thioether (sulfide) groups is 1. The Hall–Kier alpha value is -3.20. The minimum Gasteiger partial charge on any atom is -0.436 e. The van der Waals surface area contributed by atoms with Gasteiger partial charge in [-0.05, 0) is 49.3 Å². The van der Waals surface area contributed by atoms with Crippen molar-refractivity contribution >= 4 is 28.6 Å². The van der Waals surface area contributed by atoms with E-state index in [9.17, 15) is 4.39 Å². The summed E-state index contributed by atoms with van der Waals surface area (Å²) in [5.41, 5.74) is 2.09. The molecule has 0 atom stereocenters. The van der Waals surface area contributed by atoms with Crippen LogP contribution in [0.4, 0.5) is 10.3 Å². The molecule has 0 N–H and O–H groups in total. The van der Waals surface area contributed by atoms with Gasteiger partial charge in [-0.25, -0.2) is 19.3 Å². The molecule has 0 aliphatic carbocycles. The fraction of sp³-hybridized carbons (Fsp3) is 0.333. The van der Waals surface area contributed by atoms with Crippen LogP contribution in [0.2, 0.25) is 0 Å². The largest absolute Gasteiger partial charge is 0.436 e. The summed E-state index contributed by atoms with van der Waals surface area (Å²) in [6.45, 7) is 3.85. The van der Waals surface area contributed by atoms with Crippen LogP contribution in [0, 0.1) is 5.82 Å². The highest BCUT2D eigenvalue weighted by Gasteiger charge is 2.24. The molecule has 9 heteroatoms. The highest BCUT2D eigenvalue weighted by molar-refractivity contribution is 7.98. The van der Waals surface area contributed by atoms with Crippen LogP contribution in [-0.2, 0) is 6.42 Å². The van der Waals surface area contributed by atoms with Gasteiger partial charge in [-0.2, -0.15) is 5.10 Å². The predicted octanol–water partition coefficient (Wildman–Crippen LogP) is 5.28. The van der Waals surface area contributed by atoms with Crippen LogP contribution in [0.1, 0.15) is 31.4 Å². The number of piperidine rings is 1. The first-order valence-electron chi connectivity index (χ1n) is 11.0. The molecule has 0 amide bonds. The van der Waals surface area contributed by atoms with E-state index in [0.717, 1.165) is 59.7 Å². The van der Waals surface area contributed by atoms with Gasteiger partial charge in [-0.1, -0.05) is 6.92 Å². The van der Waals surface area contributed by atoms with E-state index in [1.807, 2.05) is 35.6 Å². The van der Waals surface area contributed by atoms with E-state index >= 15 is 0 Å². The zero-order valence-corrected chi connectivity index (χ0v) is 19.4. The Labute approximate surface area is 196 Å². The minimum atomic E-state index is -0.403. The number of pyridine rings is 1. The molecule has 1 saturated heterocycles. The Morgan fingerprint density at radius 3 is 2.55 bits per heavy atom. The van der Waals surface area contributed by atoms with Crippen molar-refractivity contribution in [2.75, 3.05) is 24.2 Å². The molecule has 7 nitrogen and oxygen atoms in total. The van der Waals surface area contributed by atoms with Crippen LogP contribution in [0.5, 0.6) is 11.6 Å². The van der Waals surface area contributed by atoms with E-state index in [0.29, 0.717) is 5.88 Å². The SMILES string of the molecule is CCc1cnc(N2CCC(n3ncc4cc(Oc5ccc(SC)cc5F)ncc43)CC2)nc1. The van der Waals surface area contributed by atoms with E-state index in [2.05, 4.69) is 31.9 Å². The quantitative estimate of drug-likeness (QED) is 0.360. The van der Waals surface area contributed by atoms with Crippen LogP contribution in [0.3, 0.4) is 0 Å². The standard InChI is InChI=1S/C24H25FN6OS/c1-3-16-12-27-24(28-13-16)30-8-6-18(7-9-30)31-21-15-26-23(10-17(21)14-29-31)32-22-5-4-19(33-2)11-20(22)25/h4-5,10-15,18H,3,6-9H2,1-2H3. The first kappa shape index (κ1) is 21.6. The smallest absolute Gasteiger partial charge is 0.225 e. The summed E-state index contributed by atoms with van der Waals surface area (Å²) in [5.74, 6) is 0.894. The van der Waals surface area contributed by atoms with E-state index in [-0.39, 0.29) is 11.8 Å². The highest BCUT2D eigenvalue weighted by atomic mass is 32.2. The number of aromatic nitrogens is 5. The predicted molar refractivity (Wildman–Crippen MR) is 128 cm³/mol. The van der Waals surface area contributed by atoms with Crippen LogP contribution < -0.4 is 9.64 Å². The zero-order valence-electron chi connectivity index (χ0n) is 18.6. The third-order valence-corrected chi connectivity index (χ3v) is 6.73. The Bertz CT molecular complexity index is 1250. The molecule has 4 heterocycles. The summed E-state index contributed by atoms with van der Waals surface area (Å²) < 4.78 is 22.0. The van der Waals surface area contributed by atoms with E-state index in [1.165, 1.54) is 17.8 Å². The molecule has 4 aromatic rings. The van der Waals surface area contributed by atoms with Crippen molar-refractivity contribution in [2.24, 2.45) is 0 Å². The average Bonchev–Trinajstić information content (AvgIpc) is 3.29. The topological polar surface area (TPSA) is 69.0 Å². The zero-order chi connectivity index (χ0) is 22.8. The average molecular weight is 465 g/mol. The van der Waals surface area contributed by atoms with Gasteiger partial charge in [0.2, 0.25) is 11.8 Å². The van der Waals surface area contributed by atoms with E-state index in [1.54, 1.807) is 18.3 Å². The summed E-state index contributed by atoms with van der Waals surface area (Å²) in [4.78, 5) is 16.5. The molecule has 0 spiro atoms. The molecule has 0 saturated carbocycles. The molecule has 5 rings (SSSR count). The van der Waals surface area contributed by atoms with Gasteiger partial charge in [0.1, 0.15) is 0 Å². The molecule has 0 bridgehead atoms. The lowest BCUT2D eigenvalue weighted by molar-refractivity contribution is 0.373. The third-order valence-electron chi connectivity index (χ3n) is 6.00. The number of hydrogen-bond donors (Lipinski definition) is 0. The summed E-state index contributed by atoms with van der Waals surface area (Å²) in [5, 5.41) is 5.54. The Kier molecular flexibility index (Phi) is 6.13. The number of halogens is 1. The molecular formula is C24H25FN6OS. The maximum atomic E-state index is 14.3. The number of fused-ring (bicyclic) bond motifs is 1. The summed E-state index contributed by atoms with van der Waals surface area (Å²) in [7, 11) is 0. The minimum absolute atomic E-state index is 0.161. The number of hydrogen-bond acceptors (Lipinski definition) is 7. The molecular weight excluding hydrogens is 439 g/mol. The van der Waals surface area contributed by atoms with Crippen molar-refractivity contribution in [1.82, 2.24) is 24.7 Å². The van der Waals surface area contributed by atoms with Gasteiger partial charge in [-0.15, -0.1) is 11.8 Å². The van der Waals surface area contributed by atoms with Gasteiger partial charge in [0.05, 0.1) is 24.0 Å². The lowest BCUT2D eigenvalue weighted by Gasteiger charge is -2.32. The first-order chi connectivity index (χ1) is 16.1. The Balaban J connectivity index is 1.28. The first-order valence-corrected chi connectivity index (χ1v) is 12.3. The molecule has 1 aliphatic heterocycles. The normalized spacial score (nSPS) is 14.7. The lowest BCUT2D eigenvalue weighted by Crippen LogP contribution is -2.36. The third kappa shape index (κ3) is 4.50. The van der Waals surface area contributed by atoms with Crippen LogP contribution in [0.15, 0.2) is 53.9 Å². The Morgan fingerprint density at radius 1 is 1.06 bits per heavy atom. The molecule has 0 radical (unpaired) electrons. The number of anilines is 1. The number of aryl methyl sites for hydroxylation is 1. The van der Waals surface area contributed by atoms with Gasteiger partial charge in [0.15, 0.2) is 11.6 Å². The highest BCUT2D eigenvalue weighted by Crippen LogP contribution is 2.31. The van der Waals surface area contributed by atoms with Gasteiger partial charge < -0.3 is 9.64 Å². The second kappa shape index (κ2) is 9.35. The summed E-state index contributed by atoms with van der Waals surface area (Å²) in [6.07, 6.45) is 12.1. The van der Waals surface area contributed by atoms with Crippen LogP contribution in [-0.4, -0.2) is 44.1 Å². The molecule has 1 fully saturated rings. The number of nitrogens with zero attached hydrogens (tertiary/aromatic N) is 6. The maximum absolute atomic E-state index is 14.3. The van der Waals surface area contributed by atoms with Gasteiger partial charge >= 0.3 is 0 Å². The molecule has 170 valence electrons. The van der Waals surface area contributed by atoms with Crippen molar-refractivity contribution in [3.8, 4) is 11.6 Å². The molecule has 1 aromatic carbocycles. The van der Waals surface area contributed by atoms with Crippen molar-refractivity contribution in [3.63, 3.8) is 0 Å². The Morgan fingerprint density at radius 2 is 1.85 bits per heavy atom. The van der Waals surface area contributed by atoms with Gasteiger partial charge in [-0.3, -0.25) is 4.68 Å². The second-order valence-electron chi connectivity index (χ2n) is 8.03. The van der Waals surface area contributed by atoms with E-state index in [4.69, 9.17) is 4.74 Å². The van der Waals surface area contributed by atoms with Gasteiger partial charge in [0.25, 0.3) is 0 Å². The summed E-state index contributed by atoms with van der Waals surface area (Å²) in [6, 6.07) is 7.00. The molecule has 0 unspecified atom stereocenters. The van der Waals surface area contributed by atoms with E-state index < -0.39 is 5.82 Å². The number of ether oxygens (including phenoxy) is 1. The fourth-order valence-corrected chi connectivity index (χ4v) is 4.51. The lowest BCUT2D eigenvalue weighted by atomic mass is 10.1. The molecule has 33 heavy (non-hydrogen) atoms. The monoisotopic (exact) mass is 464 g/mol. The van der Waals surface area contributed by atoms with Gasteiger partial charge in [0, 0.05) is 41.8 Å². The van der Waals surface area contributed by atoms with Crippen molar-refractivity contribution in [3.05, 3.63) is 60.4 Å². The van der Waals surface area contributed by atoms with Crippen LogP contribution >= 0.6 is 11.8 Å². The fourth-order valence-electron chi connectivity index (χ4n) is 4.08. The van der Waals surface area contributed by atoms with Crippen molar-refractivity contribution < 1.29 is 9.13 Å². The number of rotatable bonds is 6. The maximum Gasteiger partial charge on any atom is 0.225 e. The van der Waals surface area contributed by atoms with Crippen molar-refractivity contribution in [1.29, 1.82) is 0 Å².